The summed E-state index contributed by atoms with van der Waals surface area (Å²) in [4.78, 5) is 67.4. The van der Waals surface area contributed by atoms with Crippen molar-refractivity contribution in [3.63, 3.8) is 0 Å². The third kappa shape index (κ3) is 6.42. The van der Waals surface area contributed by atoms with Crippen molar-refractivity contribution in [2.75, 3.05) is 18.1 Å². The largest absolute Gasteiger partial charge is 0.463 e. The van der Waals surface area contributed by atoms with Gasteiger partial charge in [-0.1, -0.05) is 23.4 Å². The van der Waals surface area contributed by atoms with Gasteiger partial charge in [0.15, 0.2) is 17.9 Å². The molecule has 5 atom stereocenters. The van der Waals surface area contributed by atoms with Gasteiger partial charge in [0.25, 0.3) is 12.2 Å². The number of carbonyl (C=O) groups excluding carboxylic acids is 5. The van der Waals surface area contributed by atoms with Crippen molar-refractivity contribution >= 4 is 41.1 Å². The van der Waals surface area contributed by atoms with E-state index in [9.17, 15) is 24.0 Å². The lowest BCUT2D eigenvalue weighted by molar-refractivity contribution is -0.278. The molecule has 0 aliphatic carbocycles. The summed E-state index contributed by atoms with van der Waals surface area (Å²) >= 11 is 0. The summed E-state index contributed by atoms with van der Waals surface area (Å²) in [6, 6.07) is 5.80. The highest BCUT2D eigenvalue weighted by Crippen LogP contribution is 2.31. The SMILES string of the molecule is CCN1C(=O)/C(=N\O[C@@H]2O[C@@H](COC(C)=O)[C@@H](OC(C)=O)[C@@H](OC(C)=O)[C@H]2NC(C)=O)c2ccccc21. The average molecular weight is 520 g/mol. The van der Waals surface area contributed by atoms with Crippen molar-refractivity contribution in [2.45, 2.75) is 65.3 Å². The number of nitrogens with one attached hydrogen (secondary N) is 1. The quantitative estimate of drug-likeness (QED) is 0.290. The molecule has 37 heavy (non-hydrogen) atoms. The standard InChI is InChI=1S/C24H29N3O10/c1-6-27-17-10-8-7-9-16(17)19(23(27)32)26-37-24-20(25-12(2)28)22(35-15(5)31)21(34-14(4)30)18(36-24)11-33-13(3)29/h7-10,18,20-22,24H,6,11H2,1-5H3,(H,25,28)/b26-19-/t18-,20+,21+,22-,24-/m0/s1. The number of para-hydroxylation sites is 1. The minimum absolute atomic E-state index is 0.00491. The molecule has 13 heteroatoms. The number of rotatable bonds is 8. The Morgan fingerprint density at radius 1 is 1.00 bits per heavy atom. The van der Waals surface area contributed by atoms with Crippen molar-refractivity contribution in [1.29, 1.82) is 0 Å². The molecule has 13 nitrogen and oxygen atoms in total. The smallest absolute Gasteiger partial charge is 0.303 e. The highest BCUT2D eigenvalue weighted by molar-refractivity contribution is 6.54. The molecule has 3 rings (SSSR count). The van der Waals surface area contributed by atoms with Crippen LogP contribution in [0.3, 0.4) is 0 Å². The zero-order valence-corrected chi connectivity index (χ0v) is 21.1. The summed E-state index contributed by atoms with van der Waals surface area (Å²) in [6.07, 6.45) is -5.16. The average Bonchev–Trinajstić information content (AvgIpc) is 3.09. The van der Waals surface area contributed by atoms with Crippen LogP contribution in [0.15, 0.2) is 29.4 Å². The minimum Gasteiger partial charge on any atom is -0.463 e. The molecule has 1 aromatic carbocycles. The van der Waals surface area contributed by atoms with Gasteiger partial charge >= 0.3 is 17.9 Å². The number of likely N-dealkylation sites (N-methyl/N-ethyl adjacent to an activating group) is 1. The first-order chi connectivity index (χ1) is 17.5. The van der Waals surface area contributed by atoms with E-state index in [0.717, 1.165) is 13.8 Å². The van der Waals surface area contributed by atoms with E-state index in [1.165, 1.54) is 18.7 Å². The number of hydrogen-bond acceptors (Lipinski definition) is 11. The molecule has 0 spiro atoms. The number of esters is 3. The Morgan fingerprint density at radius 3 is 2.24 bits per heavy atom. The Bertz CT molecular complexity index is 1100. The summed E-state index contributed by atoms with van der Waals surface area (Å²) in [6.45, 7) is 6.49. The molecule has 1 fully saturated rings. The summed E-state index contributed by atoms with van der Waals surface area (Å²) in [5.74, 6) is -3.04. The van der Waals surface area contributed by atoms with Gasteiger partial charge in [0.2, 0.25) is 5.91 Å². The number of ether oxygens (including phenoxy) is 4. The molecule has 2 amide bonds. The first-order valence-electron chi connectivity index (χ1n) is 11.6. The molecule has 2 aliphatic heterocycles. The Balaban J connectivity index is 2.00. The zero-order valence-electron chi connectivity index (χ0n) is 21.1. The van der Waals surface area contributed by atoms with Crippen LogP contribution in [0.4, 0.5) is 5.69 Å². The molecule has 1 saturated heterocycles. The van der Waals surface area contributed by atoms with Crippen LogP contribution in [0.1, 0.15) is 40.2 Å². The zero-order chi connectivity index (χ0) is 27.3. The van der Waals surface area contributed by atoms with Gasteiger partial charge in [0.1, 0.15) is 18.8 Å². The van der Waals surface area contributed by atoms with Gasteiger partial charge < -0.3 is 34.0 Å². The first kappa shape index (κ1) is 27.6. The lowest BCUT2D eigenvalue weighted by Gasteiger charge is -2.43. The summed E-state index contributed by atoms with van der Waals surface area (Å²) in [5.41, 5.74) is 1.19. The number of anilines is 1. The Kier molecular flexibility index (Phi) is 8.81. The van der Waals surface area contributed by atoms with E-state index >= 15 is 0 Å². The maximum Gasteiger partial charge on any atom is 0.303 e. The van der Waals surface area contributed by atoms with Gasteiger partial charge in [-0.15, -0.1) is 0 Å². The van der Waals surface area contributed by atoms with Crippen LogP contribution in [0.5, 0.6) is 0 Å². The van der Waals surface area contributed by atoms with E-state index in [1.54, 1.807) is 24.3 Å². The molecule has 0 saturated carbocycles. The van der Waals surface area contributed by atoms with Gasteiger partial charge in [0, 0.05) is 39.8 Å². The van der Waals surface area contributed by atoms with Crippen molar-refractivity contribution < 1.29 is 47.8 Å². The number of hydrogen-bond donors (Lipinski definition) is 1. The predicted octanol–water partition coefficient (Wildman–Crippen LogP) is 0.430. The van der Waals surface area contributed by atoms with Crippen LogP contribution in [0, 0.1) is 0 Å². The van der Waals surface area contributed by atoms with E-state index in [0.29, 0.717) is 17.8 Å². The van der Waals surface area contributed by atoms with E-state index in [4.69, 9.17) is 23.8 Å². The van der Waals surface area contributed by atoms with E-state index < -0.39 is 60.4 Å². The van der Waals surface area contributed by atoms with Gasteiger partial charge in [-0.2, -0.15) is 0 Å². The molecule has 2 aliphatic rings. The van der Waals surface area contributed by atoms with Crippen molar-refractivity contribution in [2.24, 2.45) is 5.16 Å². The number of oxime groups is 1. The fraction of sp³-hybridized carbons (Fsp3) is 0.500. The molecule has 1 N–H and O–H groups in total. The normalized spacial score (nSPS) is 25.8. The fourth-order valence-electron chi connectivity index (χ4n) is 4.15. The van der Waals surface area contributed by atoms with Gasteiger partial charge in [-0.05, 0) is 13.0 Å². The minimum atomic E-state index is -1.43. The van der Waals surface area contributed by atoms with Crippen LogP contribution in [0.2, 0.25) is 0 Å². The Hall–Kier alpha value is -4.00. The Labute approximate surface area is 213 Å². The maximum absolute atomic E-state index is 13.0. The molecular formula is C24H29N3O10. The van der Waals surface area contributed by atoms with E-state index in [-0.39, 0.29) is 12.3 Å². The number of fused-ring (bicyclic) bond motifs is 1. The highest BCUT2D eigenvalue weighted by Gasteiger charge is 2.52. The second-order valence-corrected chi connectivity index (χ2v) is 8.33. The lowest BCUT2D eigenvalue weighted by Crippen LogP contribution is -2.66. The molecular weight excluding hydrogens is 490 g/mol. The summed E-state index contributed by atoms with van der Waals surface area (Å²) in [7, 11) is 0. The second kappa shape index (κ2) is 11.8. The summed E-state index contributed by atoms with van der Waals surface area (Å²) in [5, 5.41) is 6.62. The fourth-order valence-corrected chi connectivity index (χ4v) is 4.15. The van der Waals surface area contributed by atoms with Crippen LogP contribution < -0.4 is 10.2 Å². The molecule has 0 bridgehead atoms. The van der Waals surface area contributed by atoms with Crippen LogP contribution in [-0.2, 0) is 47.8 Å². The van der Waals surface area contributed by atoms with E-state index in [1.807, 2.05) is 6.92 Å². The first-order valence-corrected chi connectivity index (χ1v) is 11.6. The van der Waals surface area contributed by atoms with Crippen LogP contribution >= 0.6 is 0 Å². The number of amides is 2. The monoisotopic (exact) mass is 519 g/mol. The van der Waals surface area contributed by atoms with E-state index in [2.05, 4.69) is 10.5 Å². The third-order valence-electron chi connectivity index (χ3n) is 5.53. The number of carbonyl (C=O) groups is 5. The van der Waals surface area contributed by atoms with Crippen molar-refractivity contribution in [1.82, 2.24) is 5.32 Å². The lowest BCUT2D eigenvalue weighted by atomic mass is 9.96. The van der Waals surface area contributed by atoms with Gasteiger partial charge in [-0.25, -0.2) is 0 Å². The van der Waals surface area contributed by atoms with Crippen LogP contribution in [-0.4, -0.2) is 79.2 Å². The maximum atomic E-state index is 13.0. The van der Waals surface area contributed by atoms with Crippen LogP contribution in [0.25, 0.3) is 0 Å². The van der Waals surface area contributed by atoms with Gasteiger partial charge in [0.05, 0.1) is 5.69 Å². The van der Waals surface area contributed by atoms with Gasteiger partial charge in [-0.3, -0.25) is 24.0 Å². The van der Waals surface area contributed by atoms with Crippen molar-refractivity contribution in [3.8, 4) is 0 Å². The topological polar surface area (TPSA) is 159 Å². The molecule has 0 aromatic heterocycles. The second-order valence-electron chi connectivity index (χ2n) is 8.33. The number of nitrogens with zero attached hydrogens (tertiary/aromatic N) is 2. The predicted molar refractivity (Wildman–Crippen MR) is 126 cm³/mol. The molecule has 0 radical (unpaired) electrons. The van der Waals surface area contributed by atoms with Crippen molar-refractivity contribution in [3.05, 3.63) is 29.8 Å². The molecule has 0 unspecified atom stereocenters. The number of benzene rings is 1. The molecule has 1 aromatic rings. The third-order valence-corrected chi connectivity index (χ3v) is 5.53. The highest BCUT2D eigenvalue weighted by atomic mass is 16.8. The molecule has 2 heterocycles. The summed E-state index contributed by atoms with van der Waals surface area (Å²) < 4.78 is 21.7. The molecule has 200 valence electrons. The Morgan fingerprint density at radius 2 is 1.65 bits per heavy atom.